The Morgan fingerprint density at radius 1 is 0.852 bits per heavy atom. The van der Waals surface area contributed by atoms with Gasteiger partial charge in [-0.2, -0.15) is 0 Å². The van der Waals surface area contributed by atoms with Crippen LogP contribution in [0.25, 0.3) is 10.9 Å². The Morgan fingerprint density at radius 2 is 1.56 bits per heavy atom. The van der Waals surface area contributed by atoms with Crippen molar-refractivity contribution in [2.45, 2.75) is 6.04 Å². The molecule has 4 aromatic rings. The lowest BCUT2D eigenvalue weighted by molar-refractivity contribution is 0.0942. The molecule has 1 atom stereocenters. The zero-order chi connectivity index (χ0) is 18.6. The molecule has 2 N–H and O–H groups in total. The molecule has 0 spiro atoms. The first-order valence-electron chi connectivity index (χ1n) is 8.71. The standard InChI is InChI=1S/C23H18N2O2/c26-22-19(14-13-17-12-7-15-24-21(17)22)20(16-8-3-1-4-9-16)25-23(27)18-10-5-2-6-11-18/h1-15,20,26H,(H,25,27)/t20-/m1/s1. The van der Waals surface area contributed by atoms with E-state index in [-0.39, 0.29) is 11.7 Å². The minimum atomic E-state index is -0.495. The minimum absolute atomic E-state index is 0.0790. The van der Waals surface area contributed by atoms with E-state index in [1.165, 1.54) is 0 Å². The third-order valence-corrected chi connectivity index (χ3v) is 4.53. The summed E-state index contributed by atoms with van der Waals surface area (Å²) in [7, 11) is 0. The van der Waals surface area contributed by atoms with Gasteiger partial charge in [-0.05, 0) is 23.8 Å². The number of amides is 1. The van der Waals surface area contributed by atoms with Gasteiger partial charge >= 0.3 is 0 Å². The first-order chi connectivity index (χ1) is 13.2. The summed E-state index contributed by atoms with van der Waals surface area (Å²) in [5, 5.41) is 14.7. The third-order valence-electron chi connectivity index (χ3n) is 4.53. The lowest BCUT2D eigenvalue weighted by Gasteiger charge is -2.21. The van der Waals surface area contributed by atoms with E-state index < -0.39 is 6.04 Å². The van der Waals surface area contributed by atoms with Gasteiger partial charge in [-0.1, -0.05) is 66.7 Å². The molecule has 1 aromatic heterocycles. The van der Waals surface area contributed by atoms with Crippen molar-refractivity contribution in [3.8, 4) is 5.75 Å². The number of pyridine rings is 1. The van der Waals surface area contributed by atoms with Gasteiger partial charge < -0.3 is 10.4 Å². The van der Waals surface area contributed by atoms with Crippen molar-refractivity contribution in [1.29, 1.82) is 0 Å². The molecule has 0 aliphatic carbocycles. The molecule has 0 aliphatic rings. The van der Waals surface area contributed by atoms with Crippen LogP contribution < -0.4 is 5.32 Å². The van der Waals surface area contributed by atoms with Crippen LogP contribution in [0, 0.1) is 0 Å². The normalized spacial score (nSPS) is 11.9. The summed E-state index contributed by atoms with van der Waals surface area (Å²) in [6.07, 6.45) is 1.64. The Kier molecular flexibility index (Phi) is 4.54. The molecule has 3 aromatic carbocycles. The number of nitrogens with one attached hydrogen (secondary N) is 1. The Balaban J connectivity index is 1.79. The van der Waals surface area contributed by atoms with Gasteiger partial charge in [0.05, 0.1) is 6.04 Å². The second-order valence-electron chi connectivity index (χ2n) is 6.26. The maximum Gasteiger partial charge on any atom is 0.252 e. The van der Waals surface area contributed by atoms with Crippen molar-refractivity contribution in [3.05, 3.63) is 108 Å². The average Bonchev–Trinajstić information content (AvgIpc) is 2.74. The highest BCUT2D eigenvalue weighted by Gasteiger charge is 2.22. The Labute approximate surface area is 157 Å². The van der Waals surface area contributed by atoms with Gasteiger partial charge in [0.15, 0.2) is 0 Å². The molecule has 0 saturated heterocycles. The number of hydrogen-bond donors (Lipinski definition) is 2. The molecule has 0 unspecified atom stereocenters. The van der Waals surface area contributed by atoms with Gasteiger partial charge in [-0.15, -0.1) is 0 Å². The third kappa shape index (κ3) is 3.37. The molecule has 0 bridgehead atoms. The molecule has 4 heteroatoms. The van der Waals surface area contributed by atoms with Gasteiger partial charge in [-0.3, -0.25) is 9.78 Å². The topological polar surface area (TPSA) is 62.2 Å². The number of aromatic nitrogens is 1. The van der Waals surface area contributed by atoms with Crippen molar-refractivity contribution in [2.24, 2.45) is 0 Å². The fourth-order valence-electron chi connectivity index (χ4n) is 3.17. The highest BCUT2D eigenvalue weighted by Crippen LogP contribution is 2.34. The first kappa shape index (κ1) is 16.8. The van der Waals surface area contributed by atoms with Crippen LogP contribution in [-0.4, -0.2) is 16.0 Å². The van der Waals surface area contributed by atoms with E-state index in [2.05, 4.69) is 10.3 Å². The largest absolute Gasteiger partial charge is 0.505 e. The number of carbonyl (C=O) groups is 1. The van der Waals surface area contributed by atoms with Crippen molar-refractivity contribution in [3.63, 3.8) is 0 Å². The maximum atomic E-state index is 12.8. The van der Waals surface area contributed by atoms with E-state index in [9.17, 15) is 9.90 Å². The van der Waals surface area contributed by atoms with E-state index in [1.54, 1.807) is 18.3 Å². The van der Waals surface area contributed by atoms with Crippen LogP contribution in [0.3, 0.4) is 0 Å². The zero-order valence-corrected chi connectivity index (χ0v) is 14.5. The maximum absolute atomic E-state index is 12.8. The average molecular weight is 354 g/mol. The molecular formula is C23H18N2O2. The predicted octanol–water partition coefficient (Wildman–Crippen LogP) is 4.46. The monoisotopic (exact) mass is 354 g/mol. The molecule has 1 amide bonds. The lowest BCUT2D eigenvalue weighted by Crippen LogP contribution is -2.29. The smallest absolute Gasteiger partial charge is 0.252 e. The van der Waals surface area contributed by atoms with E-state index in [1.807, 2.05) is 72.8 Å². The van der Waals surface area contributed by atoms with Crippen LogP contribution in [0.15, 0.2) is 91.1 Å². The zero-order valence-electron chi connectivity index (χ0n) is 14.5. The Hall–Kier alpha value is -3.66. The lowest BCUT2D eigenvalue weighted by atomic mass is 9.96. The van der Waals surface area contributed by atoms with E-state index >= 15 is 0 Å². The van der Waals surface area contributed by atoms with Crippen LogP contribution in [0.2, 0.25) is 0 Å². The number of rotatable bonds is 4. The second-order valence-corrected chi connectivity index (χ2v) is 6.26. The first-order valence-corrected chi connectivity index (χ1v) is 8.71. The molecule has 0 fully saturated rings. The highest BCUT2D eigenvalue weighted by atomic mass is 16.3. The van der Waals surface area contributed by atoms with Gasteiger partial charge in [0.25, 0.3) is 5.91 Å². The fourth-order valence-corrected chi connectivity index (χ4v) is 3.17. The van der Waals surface area contributed by atoms with Crippen molar-refractivity contribution in [2.75, 3.05) is 0 Å². The van der Waals surface area contributed by atoms with Gasteiger partial charge in [0.2, 0.25) is 0 Å². The molecule has 4 nitrogen and oxygen atoms in total. The summed E-state index contributed by atoms with van der Waals surface area (Å²) in [5.41, 5.74) is 2.57. The SMILES string of the molecule is O=C(N[C@H](c1ccccc1)c1ccc2cccnc2c1O)c1ccccc1. The molecule has 4 rings (SSSR count). The van der Waals surface area contributed by atoms with E-state index in [4.69, 9.17) is 0 Å². The quantitative estimate of drug-likeness (QED) is 0.569. The number of aromatic hydroxyl groups is 1. The molecule has 0 saturated carbocycles. The summed E-state index contributed by atoms with van der Waals surface area (Å²) in [6, 6.07) is 25.6. The van der Waals surface area contributed by atoms with Crippen molar-refractivity contribution in [1.82, 2.24) is 10.3 Å². The number of hydrogen-bond acceptors (Lipinski definition) is 3. The summed E-state index contributed by atoms with van der Waals surface area (Å²) in [5.74, 6) is -0.125. The van der Waals surface area contributed by atoms with Gasteiger partial charge in [0.1, 0.15) is 11.3 Å². The van der Waals surface area contributed by atoms with Crippen molar-refractivity contribution < 1.29 is 9.90 Å². The summed E-state index contributed by atoms with van der Waals surface area (Å²) in [4.78, 5) is 17.1. The number of phenols is 1. The number of fused-ring (bicyclic) bond motifs is 1. The molecule has 1 heterocycles. The second kappa shape index (κ2) is 7.30. The minimum Gasteiger partial charge on any atom is -0.505 e. The summed E-state index contributed by atoms with van der Waals surface area (Å²) >= 11 is 0. The van der Waals surface area contributed by atoms with E-state index in [0.29, 0.717) is 16.6 Å². The summed E-state index contributed by atoms with van der Waals surface area (Å²) < 4.78 is 0. The van der Waals surface area contributed by atoms with Crippen LogP contribution >= 0.6 is 0 Å². The molecule has 0 aliphatic heterocycles. The number of phenolic OH excluding ortho intramolecular Hbond substituents is 1. The van der Waals surface area contributed by atoms with Crippen LogP contribution in [0.4, 0.5) is 0 Å². The Bertz CT molecular complexity index is 1080. The van der Waals surface area contributed by atoms with Crippen LogP contribution in [0.1, 0.15) is 27.5 Å². The highest BCUT2D eigenvalue weighted by molar-refractivity contribution is 5.95. The van der Waals surface area contributed by atoms with Crippen LogP contribution in [0.5, 0.6) is 5.75 Å². The van der Waals surface area contributed by atoms with Gasteiger partial charge in [-0.25, -0.2) is 0 Å². The molecule has 27 heavy (non-hydrogen) atoms. The van der Waals surface area contributed by atoms with Crippen LogP contribution in [-0.2, 0) is 0 Å². The molecule has 0 radical (unpaired) electrons. The number of benzene rings is 3. The van der Waals surface area contributed by atoms with Gasteiger partial charge in [0, 0.05) is 22.7 Å². The fraction of sp³-hybridized carbons (Fsp3) is 0.0435. The molecule has 132 valence electrons. The predicted molar refractivity (Wildman–Crippen MR) is 106 cm³/mol. The van der Waals surface area contributed by atoms with Crippen molar-refractivity contribution >= 4 is 16.8 Å². The van der Waals surface area contributed by atoms with E-state index in [0.717, 1.165) is 10.9 Å². The Morgan fingerprint density at radius 3 is 2.30 bits per heavy atom. The number of carbonyl (C=O) groups excluding carboxylic acids is 1. The number of nitrogens with zero attached hydrogens (tertiary/aromatic N) is 1. The summed E-state index contributed by atoms with van der Waals surface area (Å²) in [6.45, 7) is 0. The molecular weight excluding hydrogens is 336 g/mol.